The van der Waals surface area contributed by atoms with Crippen LogP contribution in [-0.4, -0.2) is 28.2 Å². The van der Waals surface area contributed by atoms with Gasteiger partial charge in [-0.2, -0.15) is 0 Å². The van der Waals surface area contributed by atoms with Gasteiger partial charge in [0.2, 0.25) is 0 Å². The van der Waals surface area contributed by atoms with E-state index in [1.807, 2.05) is 0 Å². The molecular formula is C7H14O4S2. The zero-order valence-corrected chi connectivity index (χ0v) is 9.07. The van der Waals surface area contributed by atoms with Gasteiger partial charge in [-0.25, -0.2) is 0 Å². The van der Waals surface area contributed by atoms with Crippen molar-refractivity contribution >= 4 is 27.8 Å². The molecule has 0 saturated carbocycles. The second-order valence-electron chi connectivity index (χ2n) is 2.29. The quantitative estimate of drug-likeness (QED) is 0.388. The van der Waals surface area contributed by atoms with Crippen LogP contribution in [-0.2, 0) is 8.98 Å². The van der Waals surface area contributed by atoms with Gasteiger partial charge in [-0.15, -0.1) is 0 Å². The van der Waals surface area contributed by atoms with Crippen LogP contribution in [0.4, 0.5) is 0 Å². The molecule has 0 aromatic heterocycles. The van der Waals surface area contributed by atoms with Gasteiger partial charge < -0.3 is 14.4 Å². The first-order valence-corrected chi connectivity index (χ1v) is 6.16. The van der Waals surface area contributed by atoms with Crippen molar-refractivity contribution in [2.45, 2.75) is 31.6 Å². The first-order chi connectivity index (χ1) is 6.20. The highest BCUT2D eigenvalue weighted by Gasteiger charge is 2.07. The van der Waals surface area contributed by atoms with Crippen molar-refractivity contribution in [2.75, 3.05) is 6.61 Å². The van der Waals surface area contributed by atoms with Crippen LogP contribution in [0.15, 0.2) is 0 Å². The van der Waals surface area contributed by atoms with Crippen LogP contribution in [0.25, 0.3) is 0 Å². The summed E-state index contributed by atoms with van der Waals surface area (Å²) in [6.45, 7) is 1.77. The molecule has 6 heteroatoms. The maximum atomic E-state index is 10.6. The van der Waals surface area contributed by atoms with Gasteiger partial charge in [0.15, 0.2) is 0 Å². The molecule has 1 atom stereocenters. The highest BCUT2D eigenvalue weighted by atomic mass is 33.1. The lowest BCUT2D eigenvalue weighted by molar-refractivity contribution is -0.132. The Morgan fingerprint density at radius 3 is 2.85 bits per heavy atom. The second-order valence-corrected chi connectivity index (χ2v) is 4.32. The number of hydrogen-bond acceptors (Lipinski definition) is 6. The fourth-order valence-corrected chi connectivity index (χ4v) is 1.97. The summed E-state index contributed by atoms with van der Waals surface area (Å²) in [5, 5.41) is 17.7. The fraction of sp³-hybridized carbons (Fsp3) is 0.857. The van der Waals surface area contributed by atoms with E-state index in [1.165, 1.54) is 0 Å². The summed E-state index contributed by atoms with van der Waals surface area (Å²) in [7, 11) is 1.08. The molecule has 0 radical (unpaired) electrons. The molecule has 0 spiro atoms. The van der Waals surface area contributed by atoms with Crippen molar-refractivity contribution in [1.29, 1.82) is 0 Å². The van der Waals surface area contributed by atoms with E-state index in [4.69, 9.17) is 5.11 Å². The molecule has 78 valence electrons. The Hall–Kier alpha value is 0.0900. The van der Waals surface area contributed by atoms with Crippen molar-refractivity contribution in [2.24, 2.45) is 0 Å². The Kier molecular flexibility index (Phi) is 8.74. The van der Waals surface area contributed by atoms with E-state index < -0.39 is 5.44 Å². The molecule has 0 rings (SSSR count). The Labute approximate surface area is 85.6 Å². The van der Waals surface area contributed by atoms with Crippen molar-refractivity contribution in [3.63, 3.8) is 0 Å². The SMILES string of the molecule is CCC(=O)OSSC(O)CCCO. The summed E-state index contributed by atoms with van der Waals surface area (Å²) in [5.41, 5.74) is -0.596. The summed E-state index contributed by atoms with van der Waals surface area (Å²) < 4.78 is 4.66. The van der Waals surface area contributed by atoms with E-state index in [9.17, 15) is 9.90 Å². The lowest BCUT2D eigenvalue weighted by Crippen LogP contribution is -2.01. The van der Waals surface area contributed by atoms with Gasteiger partial charge >= 0.3 is 5.97 Å². The number of carbonyl (C=O) groups is 1. The highest BCUT2D eigenvalue weighted by Crippen LogP contribution is 2.28. The topological polar surface area (TPSA) is 66.8 Å². The summed E-state index contributed by atoms with van der Waals surface area (Å²) in [6, 6.07) is 0. The Morgan fingerprint density at radius 2 is 2.31 bits per heavy atom. The third kappa shape index (κ3) is 8.42. The average Bonchev–Trinajstić information content (AvgIpc) is 2.14. The predicted octanol–water partition coefficient (Wildman–Crippen LogP) is 1.33. The lowest BCUT2D eigenvalue weighted by Gasteiger charge is -2.06. The molecule has 0 bridgehead atoms. The second kappa shape index (κ2) is 8.68. The molecule has 4 nitrogen and oxygen atoms in total. The number of hydrogen-bond donors (Lipinski definition) is 2. The van der Waals surface area contributed by atoms with Crippen LogP contribution in [0.1, 0.15) is 26.2 Å². The zero-order chi connectivity index (χ0) is 10.1. The van der Waals surface area contributed by atoms with Crippen molar-refractivity contribution < 1.29 is 19.2 Å². The van der Waals surface area contributed by atoms with Gasteiger partial charge in [0.05, 0.1) is 0 Å². The van der Waals surface area contributed by atoms with Gasteiger partial charge in [-0.05, 0) is 23.6 Å². The maximum Gasteiger partial charge on any atom is 0.318 e. The average molecular weight is 226 g/mol. The predicted molar refractivity (Wildman–Crippen MR) is 53.9 cm³/mol. The van der Waals surface area contributed by atoms with Crippen molar-refractivity contribution in [3.8, 4) is 0 Å². The van der Waals surface area contributed by atoms with E-state index in [2.05, 4.69) is 4.18 Å². The van der Waals surface area contributed by atoms with Gasteiger partial charge in [0.25, 0.3) is 0 Å². The molecule has 0 aromatic rings. The largest absolute Gasteiger partial charge is 0.396 e. The van der Waals surface area contributed by atoms with Crippen LogP contribution < -0.4 is 0 Å². The standard InChI is InChI=1S/C7H14O4S2/c1-2-6(9)11-13-12-7(10)4-3-5-8/h7-8,10H,2-5H2,1H3. The minimum atomic E-state index is -0.596. The van der Waals surface area contributed by atoms with Gasteiger partial charge in [-0.3, -0.25) is 4.79 Å². The molecular weight excluding hydrogens is 212 g/mol. The number of rotatable bonds is 7. The smallest absolute Gasteiger partial charge is 0.318 e. The van der Waals surface area contributed by atoms with Crippen LogP contribution in [0.3, 0.4) is 0 Å². The van der Waals surface area contributed by atoms with E-state index in [-0.39, 0.29) is 12.6 Å². The summed E-state index contributed by atoms with van der Waals surface area (Å²) in [5.74, 6) is -0.299. The van der Waals surface area contributed by atoms with Gasteiger partial charge in [-0.1, -0.05) is 6.92 Å². The highest BCUT2D eigenvalue weighted by molar-refractivity contribution is 8.75. The summed E-state index contributed by atoms with van der Waals surface area (Å²) >= 11 is 0.880. The zero-order valence-electron chi connectivity index (χ0n) is 7.43. The normalized spacial score (nSPS) is 12.5. The first-order valence-electron chi connectivity index (χ1n) is 4.02. The first kappa shape index (κ1) is 13.1. The van der Waals surface area contributed by atoms with Gasteiger partial charge in [0.1, 0.15) is 16.5 Å². The van der Waals surface area contributed by atoms with E-state index in [0.29, 0.717) is 19.3 Å². The minimum absolute atomic E-state index is 0.0665. The molecule has 0 fully saturated rings. The minimum Gasteiger partial charge on any atom is -0.396 e. The maximum absolute atomic E-state index is 10.6. The number of aliphatic hydroxyl groups is 2. The van der Waals surface area contributed by atoms with E-state index in [1.54, 1.807) is 6.92 Å². The lowest BCUT2D eigenvalue weighted by atomic mass is 10.3. The Balaban J connectivity index is 3.26. The monoisotopic (exact) mass is 226 g/mol. The van der Waals surface area contributed by atoms with Crippen molar-refractivity contribution in [3.05, 3.63) is 0 Å². The third-order valence-electron chi connectivity index (χ3n) is 1.18. The molecule has 0 aliphatic rings. The number of carbonyl (C=O) groups excluding carboxylic acids is 1. The van der Waals surface area contributed by atoms with Crippen LogP contribution >= 0.6 is 21.9 Å². The van der Waals surface area contributed by atoms with Crippen LogP contribution in [0.5, 0.6) is 0 Å². The molecule has 1 unspecified atom stereocenters. The molecule has 0 aromatic carbocycles. The molecule has 13 heavy (non-hydrogen) atoms. The molecule has 0 aliphatic heterocycles. The molecule has 0 amide bonds. The summed E-state index contributed by atoms with van der Waals surface area (Å²) in [6.07, 6.45) is 1.38. The summed E-state index contributed by atoms with van der Waals surface area (Å²) in [4.78, 5) is 10.6. The van der Waals surface area contributed by atoms with Gasteiger partial charge in [0, 0.05) is 13.0 Å². The van der Waals surface area contributed by atoms with E-state index >= 15 is 0 Å². The molecule has 0 saturated heterocycles. The third-order valence-corrected chi connectivity index (χ3v) is 3.07. The molecule has 0 heterocycles. The Morgan fingerprint density at radius 1 is 1.62 bits per heavy atom. The Bertz CT molecular complexity index is 142. The molecule has 2 N–H and O–H groups in total. The van der Waals surface area contributed by atoms with E-state index in [0.717, 1.165) is 21.9 Å². The van der Waals surface area contributed by atoms with Crippen molar-refractivity contribution in [1.82, 2.24) is 0 Å². The fourth-order valence-electron chi connectivity index (χ4n) is 0.476. The number of aliphatic hydroxyl groups excluding tert-OH is 2. The molecule has 0 aliphatic carbocycles. The van der Waals surface area contributed by atoms with Crippen LogP contribution in [0, 0.1) is 0 Å². The van der Waals surface area contributed by atoms with Crippen LogP contribution in [0.2, 0.25) is 0 Å².